The Morgan fingerprint density at radius 2 is 1.66 bits per heavy atom. The van der Waals surface area contributed by atoms with Crippen LogP contribution in [0.15, 0.2) is 48.5 Å². The number of carbonyl (C=O) groups excluding carboxylic acids is 3. The van der Waals surface area contributed by atoms with Crippen molar-refractivity contribution in [3.05, 3.63) is 54.1 Å². The molecule has 2 atom stereocenters. The quantitative estimate of drug-likeness (QED) is 0.519. The van der Waals surface area contributed by atoms with Crippen LogP contribution in [0.25, 0.3) is 11.0 Å². The number of fused-ring (bicyclic) bond motifs is 5. The van der Waals surface area contributed by atoms with Crippen LogP contribution in [0.1, 0.15) is 30.7 Å². The molecule has 4 heterocycles. The molecule has 3 aliphatic rings. The summed E-state index contributed by atoms with van der Waals surface area (Å²) in [7, 11) is 0. The molecule has 2 fully saturated rings. The molecule has 0 radical (unpaired) electrons. The van der Waals surface area contributed by atoms with E-state index in [0.29, 0.717) is 71.8 Å². The standard InChI is InChI=1S/C30H36N6O5/c37-28(20-36-32-26-7-1-2-8-27(26)33-36)34-12-4-14-41-23-6-3-5-22(17-23)24-18-35(19-25(24)29(38)31-11-13-34)30(39)21-9-15-40-16-10-21/h1-3,5-8,17,21,24-25H,4,9-16,18-20H2,(H,31,38)/t24-,25+/m1/s1. The Hall–Kier alpha value is -3.99. The third-order valence-corrected chi connectivity index (χ3v) is 8.30. The summed E-state index contributed by atoms with van der Waals surface area (Å²) in [4.78, 5) is 45.2. The van der Waals surface area contributed by atoms with Gasteiger partial charge in [0, 0.05) is 57.8 Å². The van der Waals surface area contributed by atoms with Crippen molar-refractivity contribution in [2.45, 2.75) is 31.7 Å². The van der Waals surface area contributed by atoms with Gasteiger partial charge in [-0.1, -0.05) is 24.3 Å². The number of carbonyl (C=O) groups is 3. The first-order valence-corrected chi connectivity index (χ1v) is 14.5. The number of hydrogen-bond donors (Lipinski definition) is 1. The second kappa shape index (κ2) is 12.3. The molecule has 2 saturated heterocycles. The Bertz CT molecular complexity index is 1370. The highest BCUT2D eigenvalue weighted by Gasteiger charge is 2.42. The van der Waals surface area contributed by atoms with Crippen LogP contribution >= 0.6 is 0 Å². The number of ether oxygens (including phenoxy) is 2. The number of nitrogens with one attached hydrogen (secondary N) is 1. The summed E-state index contributed by atoms with van der Waals surface area (Å²) >= 11 is 0. The molecule has 2 bridgehead atoms. The first-order valence-electron chi connectivity index (χ1n) is 14.5. The molecule has 6 rings (SSSR count). The fourth-order valence-corrected chi connectivity index (χ4v) is 6.07. The van der Waals surface area contributed by atoms with E-state index in [0.717, 1.165) is 22.3 Å². The Labute approximate surface area is 238 Å². The van der Waals surface area contributed by atoms with E-state index in [9.17, 15) is 14.4 Å². The maximum atomic E-state index is 13.5. The van der Waals surface area contributed by atoms with Crippen molar-refractivity contribution in [1.82, 2.24) is 30.1 Å². The predicted molar refractivity (Wildman–Crippen MR) is 150 cm³/mol. The summed E-state index contributed by atoms with van der Waals surface area (Å²) < 4.78 is 11.5. The molecule has 41 heavy (non-hydrogen) atoms. The van der Waals surface area contributed by atoms with E-state index in [4.69, 9.17) is 9.47 Å². The molecular weight excluding hydrogens is 524 g/mol. The Kier molecular flexibility index (Phi) is 8.13. The number of likely N-dealkylation sites (tertiary alicyclic amines) is 1. The minimum atomic E-state index is -0.387. The first kappa shape index (κ1) is 27.2. The molecular formula is C30H36N6O5. The highest BCUT2D eigenvalue weighted by atomic mass is 16.5. The van der Waals surface area contributed by atoms with Crippen LogP contribution in [0.4, 0.5) is 0 Å². The Balaban J connectivity index is 1.17. The lowest BCUT2D eigenvalue weighted by Crippen LogP contribution is -2.43. The zero-order valence-electron chi connectivity index (χ0n) is 23.1. The van der Waals surface area contributed by atoms with Gasteiger partial charge in [0.2, 0.25) is 17.7 Å². The zero-order valence-corrected chi connectivity index (χ0v) is 23.1. The zero-order chi connectivity index (χ0) is 28.2. The van der Waals surface area contributed by atoms with Crippen LogP contribution in [0.5, 0.6) is 5.75 Å². The monoisotopic (exact) mass is 560 g/mol. The molecule has 3 aliphatic heterocycles. The fourth-order valence-electron chi connectivity index (χ4n) is 6.07. The Morgan fingerprint density at radius 3 is 2.44 bits per heavy atom. The fraction of sp³-hybridized carbons (Fsp3) is 0.500. The molecule has 1 N–H and O–H groups in total. The molecule has 0 unspecified atom stereocenters. The van der Waals surface area contributed by atoms with E-state index in [-0.39, 0.29) is 42.0 Å². The van der Waals surface area contributed by atoms with Crippen molar-refractivity contribution >= 4 is 28.8 Å². The van der Waals surface area contributed by atoms with Gasteiger partial charge in [-0.25, -0.2) is 0 Å². The second-order valence-corrected chi connectivity index (χ2v) is 11.0. The van der Waals surface area contributed by atoms with Crippen LogP contribution in [0, 0.1) is 11.8 Å². The third-order valence-electron chi connectivity index (χ3n) is 8.30. The van der Waals surface area contributed by atoms with Gasteiger partial charge in [0.1, 0.15) is 23.3 Å². The number of aromatic nitrogens is 3. The van der Waals surface area contributed by atoms with Crippen LogP contribution in [-0.2, 0) is 25.7 Å². The maximum absolute atomic E-state index is 13.5. The second-order valence-electron chi connectivity index (χ2n) is 11.0. The number of amides is 3. The molecule has 11 heteroatoms. The third kappa shape index (κ3) is 6.19. The van der Waals surface area contributed by atoms with Crippen molar-refractivity contribution < 1.29 is 23.9 Å². The molecule has 2 aromatic carbocycles. The number of rotatable bonds is 3. The highest BCUT2D eigenvalue weighted by Crippen LogP contribution is 2.36. The summed E-state index contributed by atoms with van der Waals surface area (Å²) in [6, 6.07) is 15.3. The van der Waals surface area contributed by atoms with E-state index < -0.39 is 0 Å². The van der Waals surface area contributed by atoms with Crippen molar-refractivity contribution in [2.75, 3.05) is 52.5 Å². The van der Waals surface area contributed by atoms with Gasteiger partial charge in [-0.3, -0.25) is 14.4 Å². The molecule has 0 spiro atoms. The van der Waals surface area contributed by atoms with Gasteiger partial charge < -0.3 is 24.6 Å². The normalized spacial score (nSPS) is 22.5. The summed E-state index contributed by atoms with van der Waals surface area (Å²) in [5.74, 6) is 0.0174. The molecule has 3 aromatic rings. The smallest absolute Gasteiger partial charge is 0.246 e. The minimum Gasteiger partial charge on any atom is -0.494 e. The van der Waals surface area contributed by atoms with Crippen LogP contribution < -0.4 is 10.1 Å². The minimum absolute atomic E-state index is 0.0134. The average Bonchev–Trinajstić information content (AvgIpc) is 3.62. The lowest BCUT2D eigenvalue weighted by Gasteiger charge is -2.26. The number of nitrogens with zero attached hydrogens (tertiary/aromatic N) is 5. The molecule has 0 saturated carbocycles. The molecule has 1 aromatic heterocycles. The van der Waals surface area contributed by atoms with Gasteiger partial charge >= 0.3 is 0 Å². The lowest BCUT2D eigenvalue weighted by molar-refractivity contribution is -0.138. The van der Waals surface area contributed by atoms with E-state index in [1.165, 1.54) is 4.80 Å². The summed E-state index contributed by atoms with van der Waals surface area (Å²) in [5.41, 5.74) is 2.47. The van der Waals surface area contributed by atoms with Gasteiger partial charge in [0.25, 0.3) is 0 Å². The van der Waals surface area contributed by atoms with Gasteiger partial charge in [-0.05, 0) is 49.1 Å². The first-order chi connectivity index (χ1) is 20.0. The largest absolute Gasteiger partial charge is 0.494 e. The van der Waals surface area contributed by atoms with Gasteiger partial charge in [-0.15, -0.1) is 0 Å². The number of benzene rings is 2. The van der Waals surface area contributed by atoms with Gasteiger partial charge in [-0.2, -0.15) is 15.0 Å². The summed E-state index contributed by atoms with van der Waals surface area (Å²) in [6.07, 6.45) is 2.07. The predicted octanol–water partition coefficient (Wildman–Crippen LogP) is 1.83. The van der Waals surface area contributed by atoms with Gasteiger partial charge in [0.05, 0.1) is 12.5 Å². The molecule has 216 valence electrons. The SMILES string of the molecule is O=C1NCCN(C(=O)Cn2nc3ccccc3n2)CCCOc2cccc(c2)[C@H]2CN(C(=O)C3CCOCC3)C[C@H]12. The molecule has 0 aliphatic carbocycles. The molecule has 11 nitrogen and oxygen atoms in total. The Morgan fingerprint density at radius 1 is 0.902 bits per heavy atom. The average molecular weight is 561 g/mol. The summed E-state index contributed by atoms with van der Waals surface area (Å²) in [5, 5.41) is 11.9. The topological polar surface area (TPSA) is 119 Å². The highest BCUT2D eigenvalue weighted by molar-refractivity contribution is 5.84. The van der Waals surface area contributed by atoms with Crippen molar-refractivity contribution in [3.63, 3.8) is 0 Å². The van der Waals surface area contributed by atoms with E-state index in [1.54, 1.807) is 4.90 Å². The van der Waals surface area contributed by atoms with Crippen molar-refractivity contribution in [1.29, 1.82) is 0 Å². The van der Waals surface area contributed by atoms with Crippen LogP contribution in [-0.4, -0.2) is 95.1 Å². The number of hydrogen-bond acceptors (Lipinski definition) is 7. The van der Waals surface area contributed by atoms with Crippen LogP contribution in [0.3, 0.4) is 0 Å². The lowest BCUT2D eigenvalue weighted by atomic mass is 9.88. The van der Waals surface area contributed by atoms with Crippen LogP contribution in [0.2, 0.25) is 0 Å². The van der Waals surface area contributed by atoms with E-state index in [1.807, 2.05) is 53.4 Å². The van der Waals surface area contributed by atoms with Gasteiger partial charge in [0.15, 0.2) is 0 Å². The van der Waals surface area contributed by atoms with Crippen molar-refractivity contribution in [3.8, 4) is 5.75 Å². The molecule has 3 amide bonds. The maximum Gasteiger partial charge on any atom is 0.246 e. The van der Waals surface area contributed by atoms with E-state index in [2.05, 4.69) is 15.5 Å². The van der Waals surface area contributed by atoms with Crippen molar-refractivity contribution in [2.24, 2.45) is 11.8 Å². The van der Waals surface area contributed by atoms with E-state index >= 15 is 0 Å². The summed E-state index contributed by atoms with van der Waals surface area (Å²) in [6.45, 7) is 3.68.